The molecule has 2 saturated carbocycles. The first-order valence-corrected chi connectivity index (χ1v) is 14.1. The van der Waals surface area contributed by atoms with Crippen molar-refractivity contribution < 1.29 is 29.3 Å². The zero-order chi connectivity index (χ0) is 25.9. The largest absolute Gasteiger partial charge is 0.497 e. The lowest BCUT2D eigenvalue weighted by molar-refractivity contribution is -0.186. The maximum Gasteiger partial charge on any atom is 0.411 e. The summed E-state index contributed by atoms with van der Waals surface area (Å²) in [6, 6.07) is 7.01. The summed E-state index contributed by atoms with van der Waals surface area (Å²) >= 11 is 1.87. The van der Waals surface area contributed by atoms with E-state index in [0.29, 0.717) is 30.7 Å². The van der Waals surface area contributed by atoms with E-state index in [-0.39, 0.29) is 29.8 Å². The molecule has 1 aliphatic heterocycles. The van der Waals surface area contributed by atoms with Crippen LogP contribution in [0.1, 0.15) is 46.0 Å². The van der Waals surface area contributed by atoms with Gasteiger partial charge in [0.05, 0.1) is 19.8 Å². The highest BCUT2D eigenvalue weighted by Gasteiger charge is 2.60. The van der Waals surface area contributed by atoms with Crippen LogP contribution in [-0.4, -0.2) is 77.6 Å². The Morgan fingerprint density at radius 3 is 2.47 bits per heavy atom. The molecule has 0 spiro atoms. The summed E-state index contributed by atoms with van der Waals surface area (Å²) in [6.07, 6.45) is 1.34. The average Bonchev–Trinajstić information content (AvgIpc) is 2.89. The SMILES string of the molecule is COc1ccc(NC(=O)OC2CCC3(C)C(CC(=O)N4CCSCC4)C(O)CCC3C2(C)CO)cc1. The van der Waals surface area contributed by atoms with E-state index in [2.05, 4.69) is 12.2 Å². The smallest absolute Gasteiger partial charge is 0.411 e. The lowest BCUT2D eigenvalue weighted by Crippen LogP contribution is -2.61. The number of hydrogen-bond acceptors (Lipinski definition) is 7. The highest BCUT2D eigenvalue weighted by molar-refractivity contribution is 7.99. The minimum atomic E-state index is -0.673. The number of benzene rings is 1. The van der Waals surface area contributed by atoms with Crippen LogP contribution in [-0.2, 0) is 9.53 Å². The molecule has 2 aliphatic carbocycles. The van der Waals surface area contributed by atoms with Crippen molar-refractivity contribution in [2.75, 3.05) is 43.6 Å². The third kappa shape index (κ3) is 5.34. The van der Waals surface area contributed by atoms with Gasteiger partial charge in [-0.3, -0.25) is 10.1 Å². The zero-order valence-corrected chi connectivity index (χ0v) is 22.4. The molecular formula is C27H40N2O6S. The minimum Gasteiger partial charge on any atom is -0.497 e. The first kappa shape index (κ1) is 27.1. The lowest BCUT2D eigenvalue weighted by Gasteiger charge is -2.60. The van der Waals surface area contributed by atoms with Crippen molar-refractivity contribution in [3.63, 3.8) is 0 Å². The number of nitrogens with zero attached hydrogens (tertiary/aromatic N) is 1. The molecule has 3 aliphatic rings. The minimum absolute atomic E-state index is 0.0145. The fourth-order valence-electron chi connectivity index (χ4n) is 6.86. The third-order valence-corrected chi connectivity index (χ3v) is 9.96. The third-order valence-electron chi connectivity index (χ3n) is 9.02. The molecule has 1 heterocycles. The Balaban J connectivity index is 1.47. The van der Waals surface area contributed by atoms with Crippen molar-refractivity contribution in [2.45, 2.75) is 58.2 Å². The molecule has 4 rings (SSSR count). The first-order chi connectivity index (χ1) is 17.2. The molecule has 8 nitrogen and oxygen atoms in total. The summed E-state index contributed by atoms with van der Waals surface area (Å²) in [5.74, 6) is 2.56. The Morgan fingerprint density at radius 2 is 1.83 bits per heavy atom. The number of hydrogen-bond donors (Lipinski definition) is 3. The second-order valence-corrected chi connectivity index (χ2v) is 12.2. The van der Waals surface area contributed by atoms with Gasteiger partial charge in [-0.2, -0.15) is 11.8 Å². The van der Waals surface area contributed by atoms with Crippen LogP contribution in [0.25, 0.3) is 0 Å². The molecule has 1 aromatic rings. The number of ether oxygens (including phenoxy) is 2. The second-order valence-electron chi connectivity index (χ2n) is 11.0. The van der Waals surface area contributed by atoms with Crippen LogP contribution >= 0.6 is 11.8 Å². The number of anilines is 1. The molecule has 6 atom stereocenters. The summed E-state index contributed by atoms with van der Waals surface area (Å²) in [7, 11) is 1.58. The van der Waals surface area contributed by atoms with Crippen molar-refractivity contribution >= 4 is 29.4 Å². The van der Waals surface area contributed by atoms with Crippen LogP contribution in [0.15, 0.2) is 24.3 Å². The van der Waals surface area contributed by atoms with Crippen molar-refractivity contribution in [3.8, 4) is 5.75 Å². The molecule has 3 fully saturated rings. The Bertz CT molecular complexity index is 923. The number of aliphatic hydroxyl groups excluding tert-OH is 2. The quantitative estimate of drug-likeness (QED) is 0.524. The van der Waals surface area contributed by atoms with Gasteiger partial charge >= 0.3 is 6.09 Å². The highest BCUT2D eigenvalue weighted by Crippen LogP contribution is 2.61. The van der Waals surface area contributed by atoms with E-state index in [1.54, 1.807) is 31.4 Å². The molecule has 3 N–H and O–H groups in total. The van der Waals surface area contributed by atoms with Gasteiger partial charge in [0, 0.05) is 42.1 Å². The number of carbonyl (C=O) groups is 2. The van der Waals surface area contributed by atoms with E-state index in [1.807, 2.05) is 23.6 Å². The number of fused-ring (bicyclic) bond motifs is 1. The topological polar surface area (TPSA) is 108 Å². The molecule has 36 heavy (non-hydrogen) atoms. The number of carbonyl (C=O) groups excluding carboxylic acids is 2. The normalized spacial score (nSPS) is 34.4. The van der Waals surface area contributed by atoms with Gasteiger partial charge in [0.2, 0.25) is 5.91 Å². The van der Waals surface area contributed by atoms with E-state index in [9.17, 15) is 19.8 Å². The number of methoxy groups -OCH3 is 1. The number of rotatable bonds is 6. The zero-order valence-electron chi connectivity index (χ0n) is 21.6. The van der Waals surface area contributed by atoms with Gasteiger partial charge in [0.15, 0.2) is 0 Å². The average molecular weight is 521 g/mol. The van der Waals surface area contributed by atoms with E-state index < -0.39 is 23.7 Å². The van der Waals surface area contributed by atoms with Crippen LogP contribution in [0.4, 0.5) is 10.5 Å². The van der Waals surface area contributed by atoms with Crippen LogP contribution in [0.2, 0.25) is 0 Å². The second kappa shape index (κ2) is 11.2. The van der Waals surface area contributed by atoms with Crippen LogP contribution in [0.3, 0.4) is 0 Å². The maximum atomic E-state index is 13.2. The Morgan fingerprint density at radius 1 is 1.14 bits per heavy atom. The molecule has 9 heteroatoms. The van der Waals surface area contributed by atoms with Gasteiger partial charge in [0.1, 0.15) is 11.9 Å². The number of amides is 2. The lowest BCUT2D eigenvalue weighted by atomic mass is 9.46. The number of aliphatic hydroxyl groups is 2. The van der Waals surface area contributed by atoms with Crippen LogP contribution in [0.5, 0.6) is 5.75 Å². The predicted molar refractivity (Wildman–Crippen MR) is 140 cm³/mol. The molecule has 0 aromatic heterocycles. The molecule has 1 aromatic carbocycles. The Kier molecular flexibility index (Phi) is 8.42. The van der Waals surface area contributed by atoms with E-state index in [0.717, 1.165) is 37.4 Å². The van der Waals surface area contributed by atoms with Gasteiger partial charge in [-0.1, -0.05) is 13.8 Å². The molecule has 0 bridgehead atoms. The van der Waals surface area contributed by atoms with Crippen LogP contribution in [0, 0.1) is 22.7 Å². The molecule has 0 radical (unpaired) electrons. The van der Waals surface area contributed by atoms with Crippen molar-refractivity contribution in [1.29, 1.82) is 0 Å². The fraction of sp³-hybridized carbons (Fsp3) is 0.704. The van der Waals surface area contributed by atoms with Gasteiger partial charge in [-0.25, -0.2) is 4.79 Å². The standard InChI is InChI=1S/C27H40N2O6S/c1-26-11-10-23(35-25(33)28-18-4-6-19(34-3)7-5-18)27(2,17-30)22(26)9-8-21(31)20(26)16-24(32)29-12-14-36-15-13-29/h4-7,20-23,30-31H,8-17H2,1-3H3,(H,28,33). The van der Waals surface area contributed by atoms with E-state index in [1.165, 1.54) is 0 Å². The number of nitrogens with one attached hydrogen (secondary N) is 1. The van der Waals surface area contributed by atoms with Crippen molar-refractivity contribution in [1.82, 2.24) is 4.90 Å². The van der Waals surface area contributed by atoms with Crippen LogP contribution < -0.4 is 10.1 Å². The predicted octanol–water partition coefficient (Wildman–Crippen LogP) is 3.76. The number of thioether (sulfide) groups is 1. The maximum absolute atomic E-state index is 13.2. The molecule has 2 amide bonds. The van der Waals surface area contributed by atoms with Gasteiger partial charge < -0.3 is 24.6 Å². The summed E-state index contributed by atoms with van der Waals surface area (Å²) in [4.78, 5) is 27.9. The fourth-order valence-corrected chi connectivity index (χ4v) is 7.76. The Hall–Kier alpha value is -1.97. The van der Waals surface area contributed by atoms with Gasteiger partial charge in [0.25, 0.3) is 0 Å². The Labute approximate surface area is 218 Å². The molecule has 1 saturated heterocycles. The summed E-state index contributed by atoms with van der Waals surface area (Å²) in [5.41, 5.74) is -0.405. The first-order valence-electron chi connectivity index (χ1n) is 13.0. The van der Waals surface area contributed by atoms with Gasteiger partial charge in [-0.15, -0.1) is 0 Å². The molecular weight excluding hydrogens is 480 g/mol. The van der Waals surface area contributed by atoms with Gasteiger partial charge in [-0.05, 0) is 67.2 Å². The summed E-state index contributed by atoms with van der Waals surface area (Å²) in [5, 5.41) is 24.4. The van der Waals surface area contributed by atoms with Crippen molar-refractivity contribution in [2.24, 2.45) is 22.7 Å². The summed E-state index contributed by atoms with van der Waals surface area (Å²) < 4.78 is 11.1. The monoisotopic (exact) mass is 520 g/mol. The summed E-state index contributed by atoms with van der Waals surface area (Å²) in [6.45, 7) is 5.54. The highest BCUT2D eigenvalue weighted by atomic mass is 32.2. The molecule has 6 unspecified atom stereocenters. The molecule has 200 valence electrons. The van der Waals surface area contributed by atoms with E-state index in [4.69, 9.17) is 9.47 Å². The van der Waals surface area contributed by atoms with E-state index >= 15 is 0 Å². The van der Waals surface area contributed by atoms with Crippen molar-refractivity contribution in [3.05, 3.63) is 24.3 Å².